The van der Waals surface area contributed by atoms with Gasteiger partial charge in [0, 0.05) is 45.9 Å². The molecule has 29 heavy (non-hydrogen) atoms. The summed E-state index contributed by atoms with van der Waals surface area (Å²) < 4.78 is 33.5. The fourth-order valence-corrected chi connectivity index (χ4v) is 3.82. The van der Waals surface area contributed by atoms with E-state index in [4.69, 9.17) is 4.74 Å². The molecule has 1 aromatic carbocycles. The number of amides is 2. The summed E-state index contributed by atoms with van der Waals surface area (Å²) in [7, 11) is 1.63. The molecule has 1 aromatic heterocycles. The van der Waals surface area contributed by atoms with E-state index in [-0.39, 0.29) is 17.7 Å². The fraction of sp³-hybridized carbons (Fsp3) is 0.400. The second-order valence-corrected chi connectivity index (χ2v) is 7.58. The zero-order valence-electron chi connectivity index (χ0n) is 16.1. The Balaban J connectivity index is 1.67. The molecule has 9 heteroatoms. The molecule has 1 N–H and O–H groups in total. The molecule has 1 saturated heterocycles. The molecule has 156 valence electrons. The number of nitrogens with zero attached hydrogens (tertiary/aromatic N) is 2. The molecule has 0 aliphatic carbocycles. The van der Waals surface area contributed by atoms with E-state index in [0.29, 0.717) is 38.9 Å². The number of piperazine rings is 1. The smallest absolute Gasteiger partial charge is 0.256 e. The number of carbonyl (C=O) groups is 2. The molecule has 2 amide bonds. The lowest BCUT2D eigenvalue weighted by atomic mass is 10.1. The number of benzene rings is 1. The van der Waals surface area contributed by atoms with Crippen LogP contribution < -0.4 is 5.32 Å². The Hall–Kier alpha value is -2.36. The molecule has 0 bridgehead atoms. The molecule has 0 spiro atoms. The lowest BCUT2D eigenvalue weighted by molar-refractivity contribution is -0.115. The summed E-state index contributed by atoms with van der Waals surface area (Å²) in [5, 5.41) is 6.10. The van der Waals surface area contributed by atoms with Crippen LogP contribution in [0.15, 0.2) is 29.0 Å². The maximum absolute atomic E-state index is 14.3. The first-order valence-corrected chi connectivity index (χ1v) is 10.2. The highest BCUT2D eigenvalue weighted by Crippen LogP contribution is 2.22. The third kappa shape index (κ3) is 5.59. The molecule has 1 aliphatic heterocycles. The van der Waals surface area contributed by atoms with Gasteiger partial charge in [0.05, 0.1) is 24.3 Å². The lowest BCUT2D eigenvalue weighted by Gasteiger charge is -2.34. The van der Waals surface area contributed by atoms with Gasteiger partial charge < -0.3 is 15.0 Å². The molecule has 3 rings (SSSR count). The Labute approximate surface area is 172 Å². The summed E-state index contributed by atoms with van der Waals surface area (Å²) >= 11 is 1.46. The second kappa shape index (κ2) is 9.91. The van der Waals surface area contributed by atoms with Crippen LogP contribution in [0.2, 0.25) is 0 Å². The van der Waals surface area contributed by atoms with Crippen LogP contribution in [0, 0.1) is 11.6 Å². The quantitative estimate of drug-likeness (QED) is 0.744. The number of anilines is 1. The van der Waals surface area contributed by atoms with E-state index in [1.165, 1.54) is 16.2 Å². The number of ether oxygens (including phenoxy) is 1. The van der Waals surface area contributed by atoms with Gasteiger partial charge in [0.2, 0.25) is 5.91 Å². The summed E-state index contributed by atoms with van der Waals surface area (Å²) in [4.78, 5) is 28.6. The number of carbonyl (C=O) groups excluding carboxylic acids is 2. The molecule has 1 fully saturated rings. The van der Waals surface area contributed by atoms with Gasteiger partial charge in [-0.15, -0.1) is 0 Å². The van der Waals surface area contributed by atoms with Crippen molar-refractivity contribution in [2.24, 2.45) is 0 Å². The van der Waals surface area contributed by atoms with Crippen molar-refractivity contribution < 1.29 is 23.1 Å². The van der Waals surface area contributed by atoms with Crippen molar-refractivity contribution in [2.75, 3.05) is 51.8 Å². The summed E-state index contributed by atoms with van der Waals surface area (Å²) in [5.41, 5.74) is 0.356. The van der Waals surface area contributed by atoms with E-state index in [0.717, 1.165) is 18.2 Å². The predicted molar refractivity (Wildman–Crippen MR) is 107 cm³/mol. The van der Waals surface area contributed by atoms with Crippen LogP contribution in [-0.4, -0.2) is 68.1 Å². The second-order valence-electron chi connectivity index (χ2n) is 6.80. The van der Waals surface area contributed by atoms with E-state index in [1.807, 2.05) is 10.8 Å². The van der Waals surface area contributed by atoms with E-state index < -0.39 is 23.4 Å². The number of methoxy groups -OCH3 is 1. The van der Waals surface area contributed by atoms with Crippen molar-refractivity contribution in [3.63, 3.8) is 0 Å². The first kappa shape index (κ1) is 21.4. The van der Waals surface area contributed by atoms with E-state index >= 15 is 0 Å². The van der Waals surface area contributed by atoms with Gasteiger partial charge in [-0.1, -0.05) is 0 Å². The van der Waals surface area contributed by atoms with Crippen LogP contribution in [0.25, 0.3) is 0 Å². The Morgan fingerprint density at radius 1 is 1.17 bits per heavy atom. The standard InChI is InChI=1S/C20H23F2N3O3S/c1-28-8-7-24-3-5-25(6-4-24)20(27)15-11-18(17(22)12-16(15)21)23-19(26)10-14-2-9-29-13-14/h2,9,11-13H,3-8,10H2,1H3,(H,23,26). The molecule has 2 heterocycles. The van der Waals surface area contributed by atoms with Crippen molar-refractivity contribution in [3.05, 3.63) is 51.7 Å². The van der Waals surface area contributed by atoms with Crippen molar-refractivity contribution >= 4 is 28.8 Å². The third-order valence-corrected chi connectivity index (χ3v) is 5.51. The summed E-state index contributed by atoms with van der Waals surface area (Å²) in [5.74, 6) is -2.80. The van der Waals surface area contributed by atoms with Gasteiger partial charge in [-0.3, -0.25) is 14.5 Å². The SMILES string of the molecule is COCCN1CCN(C(=O)c2cc(NC(=O)Cc3ccsc3)c(F)cc2F)CC1. The first-order chi connectivity index (χ1) is 14.0. The van der Waals surface area contributed by atoms with Crippen LogP contribution in [0.3, 0.4) is 0 Å². The number of hydrogen-bond donors (Lipinski definition) is 1. The van der Waals surface area contributed by atoms with Gasteiger partial charge >= 0.3 is 0 Å². The van der Waals surface area contributed by atoms with Gasteiger partial charge in [0.25, 0.3) is 5.91 Å². The van der Waals surface area contributed by atoms with Gasteiger partial charge in [-0.25, -0.2) is 8.78 Å². The maximum atomic E-state index is 14.3. The summed E-state index contributed by atoms with van der Waals surface area (Å²) in [6, 6.07) is 3.52. The van der Waals surface area contributed by atoms with Crippen LogP contribution in [-0.2, 0) is 16.0 Å². The zero-order chi connectivity index (χ0) is 20.8. The minimum Gasteiger partial charge on any atom is -0.383 e. The van der Waals surface area contributed by atoms with Crippen molar-refractivity contribution in [1.82, 2.24) is 9.80 Å². The molecular weight excluding hydrogens is 400 g/mol. The van der Waals surface area contributed by atoms with Crippen LogP contribution >= 0.6 is 11.3 Å². The number of thiophene rings is 1. The predicted octanol–water partition coefficient (Wildman–Crippen LogP) is 2.61. The van der Waals surface area contributed by atoms with E-state index in [1.54, 1.807) is 13.2 Å². The Morgan fingerprint density at radius 3 is 2.59 bits per heavy atom. The minimum absolute atomic E-state index is 0.0764. The number of nitrogens with one attached hydrogen (secondary N) is 1. The van der Waals surface area contributed by atoms with Gasteiger partial charge in [0.1, 0.15) is 11.6 Å². The van der Waals surface area contributed by atoms with Crippen molar-refractivity contribution in [1.29, 1.82) is 0 Å². The Bertz CT molecular complexity index is 853. The number of halogens is 2. The maximum Gasteiger partial charge on any atom is 0.256 e. The van der Waals surface area contributed by atoms with Crippen molar-refractivity contribution in [3.8, 4) is 0 Å². The lowest BCUT2D eigenvalue weighted by Crippen LogP contribution is -2.49. The first-order valence-electron chi connectivity index (χ1n) is 9.28. The highest BCUT2D eigenvalue weighted by atomic mass is 32.1. The molecule has 1 aliphatic rings. The van der Waals surface area contributed by atoms with Crippen LogP contribution in [0.5, 0.6) is 0 Å². The molecule has 6 nitrogen and oxygen atoms in total. The molecule has 2 aromatic rings. The zero-order valence-corrected chi connectivity index (χ0v) is 16.9. The normalized spacial score (nSPS) is 14.8. The van der Waals surface area contributed by atoms with E-state index in [9.17, 15) is 18.4 Å². The monoisotopic (exact) mass is 423 g/mol. The average Bonchev–Trinajstić information content (AvgIpc) is 3.21. The van der Waals surface area contributed by atoms with Crippen molar-refractivity contribution in [2.45, 2.75) is 6.42 Å². The van der Waals surface area contributed by atoms with Gasteiger partial charge in [-0.2, -0.15) is 11.3 Å². The largest absolute Gasteiger partial charge is 0.383 e. The fourth-order valence-electron chi connectivity index (χ4n) is 3.15. The number of hydrogen-bond acceptors (Lipinski definition) is 5. The Kier molecular flexibility index (Phi) is 7.29. The Morgan fingerprint density at radius 2 is 1.93 bits per heavy atom. The minimum atomic E-state index is -0.940. The number of rotatable bonds is 7. The molecule has 0 atom stereocenters. The highest BCUT2D eigenvalue weighted by molar-refractivity contribution is 7.08. The summed E-state index contributed by atoms with van der Waals surface area (Å²) in [6.07, 6.45) is 0.0764. The third-order valence-electron chi connectivity index (χ3n) is 4.78. The molecule has 0 saturated carbocycles. The van der Waals surface area contributed by atoms with Crippen LogP contribution in [0.1, 0.15) is 15.9 Å². The topological polar surface area (TPSA) is 61.9 Å². The summed E-state index contributed by atoms with van der Waals surface area (Å²) in [6.45, 7) is 3.57. The highest BCUT2D eigenvalue weighted by Gasteiger charge is 2.25. The van der Waals surface area contributed by atoms with E-state index in [2.05, 4.69) is 10.2 Å². The average molecular weight is 423 g/mol. The molecule has 0 radical (unpaired) electrons. The van der Waals surface area contributed by atoms with Gasteiger partial charge in [-0.05, 0) is 28.5 Å². The molecule has 0 unspecified atom stereocenters. The molecular formula is C20H23F2N3O3S. The van der Waals surface area contributed by atoms with Gasteiger partial charge in [0.15, 0.2) is 0 Å². The van der Waals surface area contributed by atoms with Crippen LogP contribution in [0.4, 0.5) is 14.5 Å².